The molecule has 0 saturated carbocycles. The monoisotopic (exact) mass is 335 g/mol. The Morgan fingerprint density at radius 2 is 2.08 bits per heavy atom. The first kappa shape index (κ1) is 17.8. The second-order valence-electron chi connectivity index (χ2n) is 5.54. The van der Waals surface area contributed by atoms with Crippen molar-refractivity contribution in [3.63, 3.8) is 0 Å². The van der Waals surface area contributed by atoms with Gasteiger partial charge in [0.2, 0.25) is 0 Å². The Kier molecular flexibility index (Phi) is 5.46. The molecule has 0 aromatic heterocycles. The lowest BCUT2D eigenvalue weighted by molar-refractivity contribution is -0.137. The van der Waals surface area contributed by atoms with Gasteiger partial charge in [0, 0.05) is 0 Å². The third-order valence-corrected chi connectivity index (χ3v) is 3.81. The lowest BCUT2D eigenvalue weighted by Gasteiger charge is -2.32. The zero-order chi connectivity index (χ0) is 17.7. The van der Waals surface area contributed by atoms with E-state index in [1.54, 1.807) is 6.92 Å². The summed E-state index contributed by atoms with van der Waals surface area (Å²) in [5.74, 6) is -1.11. The van der Waals surface area contributed by atoms with Crippen LogP contribution in [0, 0.1) is 0 Å². The Morgan fingerprint density at radius 1 is 1.42 bits per heavy atom. The molecule has 2 rings (SSSR count). The maximum absolute atomic E-state index is 12.1. The Balaban J connectivity index is 2.19. The van der Waals surface area contributed by atoms with Crippen LogP contribution in [0.5, 0.6) is 0 Å². The van der Waals surface area contributed by atoms with E-state index in [1.807, 2.05) is 30.3 Å². The standard InChI is InChI=1S/C17H21NO6/c1-3-23-15(20)9-14(19)10-17(22)12(2)24-16(21)18(17)11-13-7-5-4-6-8-13/h4-9,12,19,22H,3,10-11H2,1-2H3/b14-9-/t12-,17+/m0/s1. The van der Waals surface area contributed by atoms with Crippen LogP contribution in [-0.2, 0) is 20.8 Å². The molecule has 0 aliphatic carbocycles. The lowest BCUT2D eigenvalue weighted by Crippen LogP contribution is -2.50. The quantitative estimate of drug-likeness (QED) is 0.469. The predicted octanol–water partition coefficient (Wildman–Crippen LogP) is 2.11. The Morgan fingerprint density at radius 3 is 2.71 bits per heavy atom. The van der Waals surface area contributed by atoms with Crippen LogP contribution in [0.4, 0.5) is 4.79 Å². The van der Waals surface area contributed by atoms with Crippen molar-refractivity contribution in [3.05, 3.63) is 47.7 Å². The number of benzene rings is 1. The summed E-state index contributed by atoms with van der Waals surface area (Å²) in [6.07, 6.45) is -1.01. The topological polar surface area (TPSA) is 96.3 Å². The summed E-state index contributed by atoms with van der Waals surface area (Å²) in [7, 11) is 0. The molecule has 0 spiro atoms. The smallest absolute Gasteiger partial charge is 0.412 e. The minimum Gasteiger partial charge on any atom is -0.512 e. The number of carbonyl (C=O) groups is 2. The third kappa shape index (κ3) is 3.86. The highest BCUT2D eigenvalue weighted by molar-refractivity contribution is 5.82. The van der Waals surface area contributed by atoms with E-state index >= 15 is 0 Å². The third-order valence-electron chi connectivity index (χ3n) is 3.81. The average molecular weight is 335 g/mol. The van der Waals surface area contributed by atoms with Gasteiger partial charge in [0.1, 0.15) is 11.9 Å². The number of aliphatic hydroxyl groups excluding tert-OH is 1. The molecule has 1 fully saturated rings. The van der Waals surface area contributed by atoms with Gasteiger partial charge in [-0.2, -0.15) is 0 Å². The minimum absolute atomic E-state index is 0.118. The first-order valence-electron chi connectivity index (χ1n) is 7.67. The fraction of sp³-hybridized carbons (Fsp3) is 0.412. The Hall–Kier alpha value is -2.54. The van der Waals surface area contributed by atoms with Crippen LogP contribution >= 0.6 is 0 Å². The van der Waals surface area contributed by atoms with Crippen LogP contribution in [0.15, 0.2) is 42.2 Å². The van der Waals surface area contributed by atoms with E-state index in [9.17, 15) is 19.8 Å². The van der Waals surface area contributed by atoms with Gasteiger partial charge in [-0.25, -0.2) is 9.59 Å². The van der Waals surface area contributed by atoms with E-state index in [1.165, 1.54) is 6.92 Å². The molecule has 0 radical (unpaired) electrons. The van der Waals surface area contributed by atoms with Crippen molar-refractivity contribution in [2.75, 3.05) is 6.61 Å². The van der Waals surface area contributed by atoms with E-state index in [2.05, 4.69) is 0 Å². The molecule has 0 unspecified atom stereocenters. The molecule has 2 atom stereocenters. The molecule has 1 heterocycles. The van der Waals surface area contributed by atoms with Gasteiger partial charge in [-0.15, -0.1) is 0 Å². The van der Waals surface area contributed by atoms with E-state index in [-0.39, 0.29) is 25.3 Å². The molecule has 2 N–H and O–H groups in total. The number of aliphatic hydroxyl groups is 2. The average Bonchev–Trinajstić information content (AvgIpc) is 2.71. The summed E-state index contributed by atoms with van der Waals surface area (Å²) < 4.78 is 9.81. The summed E-state index contributed by atoms with van der Waals surface area (Å²) in [6, 6.07) is 9.10. The summed E-state index contributed by atoms with van der Waals surface area (Å²) in [5, 5.41) is 20.9. The SMILES string of the molecule is CCOC(=O)/C=C(\O)C[C@@]1(O)[C@H](C)OC(=O)N1Cc1ccccc1. The molecule has 1 aliphatic heterocycles. The highest BCUT2D eigenvalue weighted by atomic mass is 16.6. The molecule has 1 aromatic carbocycles. The Labute approximate surface area is 140 Å². The highest BCUT2D eigenvalue weighted by Crippen LogP contribution is 2.34. The van der Waals surface area contributed by atoms with E-state index in [0.717, 1.165) is 16.5 Å². The first-order valence-corrected chi connectivity index (χ1v) is 7.67. The number of hydrogen-bond donors (Lipinski definition) is 2. The van der Waals surface area contributed by atoms with Crippen LogP contribution in [0.25, 0.3) is 0 Å². The molecule has 0 bridgehead atoms. The van der Waals surface area contributed by atoms with Gasteiger partial charge >= 0.3 is 12.1 Å². The highest BCUT2D eigenvalue weighted by Gasteiger charge is 2.52. The van der Waals surface area contributed by atoms with E-state index in [0.29, 0.717) is 0 Å². The number of cyclic esters (lactones) is 1. The maximum Gasteiger partial charge on any atom is 0.412 e. The number of rotatable bonds is 6. The number of nitrogens with zero attached hydrogens (tertiary/aromatic N) is 1. The summed E-state index contributed by atoms with van der Waals surface area (Å²) in [4.78, 5) is 24.6. The van der Waals surface area contributed by atoms with Crippen LogP contribution in [0.3, 0.4) is 0 Å². The summed E-state index contributed by atoms with van der Waals surface area (Å²) in [6.45, 7) is 3.46. The van der Waals surface area contributed by atoms with Crippen molar-refractivity contribution in [2.45, 2.75) is 38.6 Å². The van der Waals surface area contributed by atoms with Crippen molar-refractivity contribution in [2.24, 2.45) is 0 Å². The molecule has 130 valence electrons. The van der Waals surface area contributed by atoms with Crippen LogP contribution in [-0.4, -0.2) is 45.6 Å². The van der Waals surface area contributed by atoms with Gasteiger partial charge in [-0.05, 0) is 19.4 Å². The number of carbonyl (C=O) groups excluding carboxylic acids is 2. The van der Waals surface area contributed by atoms with Crippen LogP contribution in [0.2, 0.25) is 0 Å². The van der Waals surface area contributed by atoms with Crippen molar-refractivity contribution in [1.82, 2.24) is 4.90 Å². The summed E-state index contributed by atoms with van der Waals surface area (Å²) >= 11 is 0. The second kappa shape index (κ2) is 7.35. The molecule has 7 heteroatoms. The number of hydrogen-bond acceptors (Lipinski definition) is 6. The fourth-order valence-electron chi connectivity index (χ4n) is 2.53. The van der Waals surface area contributed by atoms with Crippen molar-refractivity contribution >= 4 is 12.1 Å². The molecule has 24 heavy (non-hydrogen) atoms. The van der Waals surface area contributed by atoms with E-state index < -0.39 is 23.9 Å². The fourth-order valence-corrected chi connectivity index (χ4v) is 2.53. The van der Waals surface area contributed by atoms with Gasteiger partial charge in [0.25, 0.3) is 0 Å². The van der Waals surface area contributed by atoms with Gasteiger partial charge in [-0.3, -0.25) is 4.90 Å². The van der Waals surface area contributed by atoms with Gasteiger partial charge < -0.3 is 19.7 Å². The van der Waals surface area contributed by atoms with Crippen molar-refractivity contribution < 1.29 is 29.3 Å². The van der Waals surface area contributed by atoms with Crippen molar-refractivity contribution in [3.8, 4) is 0 Å². The molecular formula is C17H21NO6. The largest absolute Gasteiger partial charge is 0.512 e. The van der Waals surface area contributed by atoms with Gasteiger partial charge in [0.05, 0.1) is 25.6 Å². The van der Waals surface area contributed by atoms with Gasteiger partial charge in [-0.1, -0.05) is 30.3 Å². The van der Waals surface area contributed by atoms with E-state index in [4.69, 9.17) is 9.47 Å². The lowest BCUT2D eigenvalue weighted by atomic mass is 10.0. The normalized spacial score (nSPS) is 24.0. The molecular weight excluding hydrogens is 314 g/mol. The molecule has 7 nitrogen and oxygen atoms in total. The molecule has 1 aromatic rings. The van der Waals surface area contributed by atoms with Crippen molar-refractivity contribution in [1.29, 1.82) is 0 Å². The molecule has 1 amide bonds. The molecule has 1 aliphatic rings. The van der Waals surface area contributed by atoms with Crippen LogP contribution in [0.1, 0.15) is 25.8 Å². The zero-order valence-electron chi connectivity index (χ0n) is 13.6. The van der Waals surface area contributed by atoms with Gasteiger partial charge in [0.15, 0.2) is 5.72 Å². The minimum atomic E-state index is -1.76. The zero-order valence-corrected chi connectivity index (χ0v) is 13.6. The number of ether oxygens (including phenoxy) is 2. The second-order valence-corrected chi connectivity index (χ2v) is 5.54. The number of esters is 1. The summed E-state index contributed by atoms with van der Waals surface area (Å²) in [5.41, 5.74) is -0.962. The predicted molar refractivity (Wildman–Crippen MR) is 84.8 cm³/mol. The molecule has 1 saturated heterocycles. The Bertz CT molecular complexity index is 629. The first-order chi connectivity index (χ1) is 11.4. The van der Waals surface area contributed by atoms with Crippen LogP contribution < -0.4 is 0 Å². The number of amides is 1. The maximum atomic E-state index is 12.1.